The first-order valence-electron chi connectivity index (χ1n) is 10.4. The summed E-state index contributed by atoms with van der Waals surface area (Å²) in [6, 6.07) is 23.9. The fourth-order valence-electron chi connectivity index (χ4n) is 4.16. The fraction of sp³-hybridized carbons (Fsp3) is 0.154. The van der Waals surface area contributed by atoms with Crippen LogP contribution in [-0.2, 0) is 4.79 Å². The third-order valence-electron chi connectivity index (χ3n) is 5.78. The zero-order valence-corrected chi connectivity index (χ0v) is 17.8. The number of aromatic nitrogens is 2. The van der Waals surface area contributed by atoms with Crippen molar-refractivity contribution >= 4 is 28.6 Å². The topological polar surface area (TPSA) is 59.0 Å². The molecule has 0 bridgehead atoms. The Hall–Kier alpha value is -3.86. The van der Waals surface area contributed by atoms with E-state index in [0.717, 1.165) is 39.5 Å². The van der Waals surface area contributed by atoms with Gasteiger partial charge in [-0.15, -0.1) is 0 Å². The van der Waals surface area contributed by atoms with Gasteiger partial charge < -0.3 is 10.6 Å². The van der Waals surface area contributed by atoms with Gasteiger partial charge in [0.25, 0.3) is 5.91 Å². The number of carbonyl (C=O) groups is 1. The molecule has 4 aromatic rings. The largest absolute Gasteiger partial charge is 0.329 e. The second kappa shape index (κ2) is 7.43. The van der Waals surface area contributed by atoms with E-state index in [1.807, 2.05) is 62.4 Å². The summed E-state index contributed by atoms with van der Waals surface area (Å²) in [6.07, 6.45) is 0. The van der Waals surface area contributed by atoms with E-state index >= 15 is 0 Å². The minimum atomic E-state index is -0.283. The first-order valence-corrected chi connectivity index (χ1v) is 10.4. The predicted molar refractivity (Wildman–Crippen MR) is 125 cm³/mol. The summed E-state index contributed by atoms with van der Waals surface area (Å²) < 4.78 is 2.12. The molecule has 0 radical (unpaired) electrons. The van der Waals surface area contributed by atoms with Crippen molar-refractivity contribution in [3.63, 3.8) is 0 Å². The minimum Gasteiger partial charge on any atom is -0.329 e. The molecule has 2 heterocycles. The second-order valence-electron chi connectivity index (χ2n) is 8.09. The van der Waals surface area contributed by atoms with Crippen molar-refractivity contribution < 1.29 is 4.79 Å². The molecule has 2 N–H and O–H groups in total. The quantitative estimate of drug-likeness (QED) is 0.465. The van der Waals surface area contributed by atoms with Gasteiger partial charge in [0.05, 0.1) is 22.6 Å². The summed E-state index contributed by atoms with van der Waals surface area (Å²) in [6.45, 7) is 6.03. The van der Waals surface area contributed by atoms with Gasteiger partial charge in [-0.05, 0) is 50.6 Å². The Morgan fingerprint density at radius 1 is 0.903 bits per heavy atom. The number of allylic oxidation sites excluding steroid dienone is 1. The number of benzene rings is 3. The summed E-state index contributed by atoms with van der Waals surface area (Å²) in [7, 11) is 0. The van der Waals surface area contributed by atoms with Gasteiger partial charge in [-0.25, -0.2) is 4.98 Å². The molecule has 31 heavy (non-hydrogen) atoms. The Kier molecular flexibility index (Phi) is 4.59. The molecule has 0 saturated heterocycles. The van der Waals surface area contributed by atoms with Crippen LogP contribution in [0.3, 0.4) is 0 Å². The van der Waals surface area contributed by atoms with Crippen LogP contribution in [0.4, 0.5) is 11.6 Å². The van der Waals surface area contributed by atoms with E-state index < -0.39 is 0 Å². The van der Waals surface area contributed by atoms with Gasteiger partial charge in [-0.1, -0.05) is 59.7 Å². The van der Waals surface area contributed by atoms with E-state index in [4.69, 9.17) is 4.98 Å². The molecule has 5 rings (SSSR count). The number of para-hydroxylation sites is 2. The summed E-state index contributed by atoms with van der Waals surface area (Å²) in [4.78, 5) is 18.3. The number of hydrogen-bond donors (Lipinski definition) is 2. The number of carbonyl (C=O) groups excluding carboxylic acids is 1. The maximum Gasteiger partial charge on any atom is 0.255 e. The molecule has 5 nitrogen and oxygen atoms in total. The Morgan fingerprint density at radius 3 is 2.26 bits per heavy atom. The third kappa shape index (κ3) is 3.38. The van der Waals surface area contributed by atoms with E-state index in [1.54, 1.807) is 0 Å². The van der Waals surface area contributed by atoms with Gasteiger partial charge >= 0.3 is 0 Å². The number of hydrogen-bond acceptors (Lipinski definition) is 3. The number of nitrogens with zero attached hydrogens (tertiary/aromatic N) is 2. The fourth-order valence-corrected chi connectivity index (χ4v) is 4.16. The van der Waals surface area contributed by atoms with Gasteiger partial charge in [0.15, 0.2) is 0 Å². The number of nitrogens with one attached hydrogen (secondary N) is 2. The molecule has 1 atom stereocenters. The molecule has 1 aromatic heterocycles. The van der Waals surface area contributed by atoms with Crippen molar-refractivity contribution in [1.82, 2.24) is 9.55 Å². The number of imidazole rings is 1. The lowest BCUT2D eigenvalue weighted by Crippen LogP contribution is -2.30. The average Bonchev–Trinajstić information content (AvgIpc) is 3.13. The first-order chi connectivity index (χ1) is 15.0. The van der Waals surface area contributed by atoms with Crippen LogP contribution in [0.1, 0.15) is 29.7 Å². The molecule has 0 aliphatic carbocycles. The summed E-state index contributed by atoms with van der Waals surface area (Å²) in [5.41, 5.74) is 7.53. The maximum absolute atomic E-state index is 13.5. The van der Waals surface area contributed by atoms with Crippen molar-refractivity contribution in [3.8, 4) is 0 Å². The molecule has 1 aliphatic rings. The second-order valence-corrected chi connectivity index (χ2v) is 8.09. The number of fused-ring (bicyclic) bond motifs is 3. The normalized spacial score (nSPS) is 15.5. The van der Waals surface area contributed by atoms with Crippen LogP contribution in [-0.4, -0.2) is 15.5 Å². The molecule has 1 aliphatic heterocycles. The molecule has 3 aromatic carbocycles. The highest BCUT2D eigenvalue weighted by molar-refractivity contribution is 6.06. The molecule has 1 amide bonds. The predicted octanol–water partition coefficient (Wildman–Crippen LogP) is 5.58. The van der Waals surface area contributed by atoms with Crippen LogP contribution in [0.5, 0.6) is 0 Å². The molecule has 0 spiro atoms. The van der Waals surface area contributed by atoms with E-state index in [1.165, 1.54) is 5.56 Å². The zero-order chi connectivity index (χ0) is 21.5. The van der Waals surface area contributed by atoms with Gasteiger partial charge in [-0.3, -0.25) is 9.36 Å². The van der Waals surface area contributed by atoms with Crippen LogP contribution in [0.25, 0.3) is 11.0 Å². The van der Waals surface area contributed by atoms with Crippen LogP contribution in [0, 0.1) is 13.8 Å². The van der Waals surface area contributed by atoms with Crippen molar-refractivity contribution in [2.75, 3.05) is 10.6 Å². The molecule has 154 valence electrons. The first kappa shape index (κ1) is 19.1. The molecule has 0 fully saturated rings. The van der Waals surface area contributed by atoms with Crippen molar-refractivity contribution in [2.24, 2.45) is 0 Å². The van der Waals surface area contributed by atoms with Gasteiger partial charge in [0.2, 0.25) is 5.95 Å². The third-order valence-corrected chi connectivity index (χ3v) is 5.78. The molecule has 5 heteroatoms. The van der Waals surface area contributed by atoms with Crippen LogP contribution >= 0.6 is 0 Å². The number of anilines is 2. The monoisotopic (exact) mass is 408 g/mol. The lowest BCUT2D eigenvalue weighted by atomic mass is 9.93. The maximum atomic E-state index is 13.5. The molecule has 0 saturated carbocycles. The number of aryl methyl sites for hydroxylation is 2. The van der Waals surface area contributed by atoms with E-state index in [9.17, 15) is 4.79 Å². The van der Waals surface area contributed by atoms with Gasteiger partial charge in [0.1, 0.15) is 0 Å². The highest BCUT2D eigenvalue weighted by Crippen LogP contribution is 2.39. The SMILES string of the molecule is CC1=C(C(=O)Nc2ccc(C)cc2)[C@H](c2ccc(C)cc2)n2c(nc3ccccc32)N1. The smallest absolute Gasteiger partial charge is 0.255 e. The van der Waals surface area contributed by atoms with Crippen molar-refractivity contribution in [3.05, 3.63) is 101 Å². The summed E-state index contributed by atoms with van der Waals surface area (Å²) >= 11 is 0. The zero-order valence-electron chi connectivity index (χ0n) is 17.8. The Balaban J connectivity index is 1.65. The minimum absolute atomic E-state index is 0.122. The Bertz CT molecular complexity index is 1310. The molecule has 0 unspecified atom stereocenters. The summed E-state index contributed by atoms with van der Waals surface area (Å²) in [5, 5.41) is 6.44. The van der Waals surface area contributed by atoms with Gasteiger partial charge in [-0.2, -0.15) is 0 Å². The van der Waals surface area contributed by atoms with Crippen molar-refractivity contribution in [2.45, 2.75) is 26.8 Å². The van der Waals surface area contributed by atoms with Crippen LogP contribution < -0.4 is 10.6 Å². The highest BCUT2D eigenvalue weighted by atomic mass is 16.1. The average molecular weight is 409 g/mol. The van der Waals surface area contributed by atoms with Crippen LogP contribution in [0.2, 0.25) is 0 Å². The van der Waals surface area contributed by atoms with Gasteiger partial charge in [0, 0.05) is 11.4 Å². The number of rotatable bonds is 3. The van der Waals surface area contributed by atoms with Crippen LogP contribution in [0.15, 0.2) is 84.1 Å². The summed E-state index contributed by atoms with van der Waals surface area (Å²) in [5.74, 6) is 0.624. The lowest BCUT2D eigenvalue weighted by molar-refractivity contribution is -0.113. The highest BCUT2D eigenvalue weighted by Gasteiger charge is 2.34. The van der Waals surface area contributed by atoms with Crippen molar-refractivity contribution in [1.29, 1.82) is 0 Å². The van der Waals surface area contributed by atoms with E-state index in [2.05, 4.69) is 46.4 Å². The Morgan fingerprint density at radius 2 is 1.55 bits per heavy atom. The Labute approximate surface area is 181 Å². The van der Waals surface area contributed by atoms with E-state index in [0.29, 0.717) is 5.57 Å². The lowest BCUT2D eigenvalue weighted by Gasteiger charge is -2.30. The molecular weight excluding hydrogens is 384 g/mol. The van der Waals surface area contributed by atoms with E-state index in [-0.39, 0.29) is 11.9 Å². The number of amides is 1. The standard InChI is InChI=1S/C26H24N4O/c1-16-8-12-19(13-9-16)24-23(25(31)28-20-14-10-17(2)11-15-20)18(3)27-26-29-21-6-4-5-7-22(21)30(24)26/h4-15,24H,1-3H3,(H,27,29)(H,28,31)/t24-/m0/s1. The molecular formula is C26H24N4O.